The molecule has 2 aromatic rings. The summed E-state index contributed by atoms with van der Waals surface area (Å²) in [5.41, 5.74) is 2.35. The average Bonchev–Trinajstić information content (AvgIpc) is 3.31. The number of nitrogens with one attached hydrogen (secondary N) is 2. The molecular formula is C38H47FN6O5. The Hall–Kier alpha value is -4.32. The van der Waals surface area contributed by atoms with Crippen LogP contribution >= 0.6 is 0 Å². The predicted molar refractivity (Wildman–Crippen MR) is 187 cm³/mol. The van der Waals surface area contributed by atoms with Gasteiger partial charge < -0.3 is 15.1 Å². The van der Waals surface area contributed by atoms with Gasteiger partial charge in [0.25, 0.3) is 17.7 Å². The van der Waals surface area contributed by atoms with Crippen molar-refractivity contribution in [2.24, 2.45) is 16.7 Å². The molecule has 11 nitrogen and oxygen atoms in total. The number of hydrogen-bond acceptors (Lipinski definition) is 8. The molecule has 0 radical (unpaired) electrons. The summed E-state index contributed by atoms with van der Waals surface area (Å²) >= 11 is 0. The Morgan fingerprint density at radius 2 is 1.46 bits per heavy atom. The molecule has 5 amide bonds. The molecule has 0 aromatic heterocycles. The Morgan fingerprint density at radius 3 is 2.06 bits per heavy atom. The third-order valence-electron chi connectivity index (χ3n) is 11.6. The highest BCUT2D eigenvalue weighted by Gasteiger charge is 2.53. The van der Waals surface area contributed by atoms with Crippen LogP contribution in [0, 0.1) is 22.6 Å². The van der Waals surface area contributed by atoms with Crippen LogP contribution in [-0.2, 0) is 9.59 Å². The standard InChI is InChI=1S/C38H47FN6O5/c1-37(2)22-38(3,4)36(37)41-32(47)24-5-7-25(8-6-24)43-13-11-23(12-14-43)21-42-15-17-44(18-16-42)30-20-27-26(19-28(30)39)34(49)45(35(27)50)29-9-10-31(46)40-33(29)48/h5-8,19-20,23,29,36H,9-18,21-22H2,1-4H3,(H,41,47)(H,40,46,48). The first-order valence-corrected chi connectivity index (χ1v) is 17.9. The molecule has 1 atom stereocenters. The van der Waals surface area contributed by atoms with E-state index in [1.165, 1.54) is 6.07 Å². The Balaban J connectivity index is 0.890. The zero-order chi connectivity index (χ0) is 35.5. The van der Waals surface area contributed by atoms with Crippen LogP contribution in [0.25, 0.3) is 0 Å². The fourth-order valence-corrected chi connectivity index (χ4v) is 9.37. The molecule has 7 rings (SSSR count). The molecule has 50 heavy (non-hydrogen) atoms. The lowest BCUT2D eigenvalue weighted by Crippen LogP contribution is -2.63. The van der Waals surface area contributed by atoms with Crippen molar-refractivity contribution in [3.05, 3.63) is 58.9 Å². The molecular weight excluding hydrogens is 639 g/mol. The number of nitrogens with zero attached hydrogens (tertiary/aromatic N) is 4. The zero-order valence-corrected chi connectivity index (χ0v) is 29.4. The van der Waals surface area contributed by atoms with Crippen molar-refractivity contribution in [1.82, 2.24) is 20.4 Å². The van der Waals surface area contributed by atoms with Crippen LogP contribution in [0.4, 0.5) is 15.8 Å². The van der Waals surface area contributed by atoms with Gasteiger partial charge >= 0.3 is 0 Å². The van der Waals surface area contributed by atoms with Crippen LogP contribution in [0.15, 0.2) is 36.4 Å². The molecule has 0 bridgehead atoms. The van der Waals surface area contributed by atoms with E-state index in [9.17, 15) is 24.0 Å². The summed E-state index contributed by atoms with van der Waals surface area (Å²) in [4.78, 5) is 70.9. The fraction of sp³-hybridized carbons (Fsp3) is 0.553. The molecule has 1 saturated carbocycles. The van der Waals surface area contributed by atoms with E-state index in [0.29, 0.717) is 24.6 Å². The Bertz CT molecular complexity index is 1710. The summed E-state index contributed by atoms with van der Waals surface area (Å²) in [5.74, 6) is -2.51. The highest BCUT2D eigenvalue weighted by molar-refractivity contribution is 6.23. The lowest BCUT2D eigenvalue weighted by atomic mass is 9.52. The predicted octanol–water partition coefficient (Wildman–Crippen LogP) is 3.82. The fourth-order valence-electron chi connectivity index (χ4n) is 9.37. The van der Waals surface area contributed by atoms with E-state index < -0.39 is 35.5 Å². The Morgan fingerprint density at radius 1 is 0.840 bits per heavy atom. The van der Waals surface area contributed by atoms with Crippen LogP contribution < -0.4 is 20.4 Å². The van der Waals surface area contributed by atoms with Crippen molar-refractivity contribution in [2.45, 2.75) is 71.9 Å². The van der Waals surface area contributed by atoms with E-state index >= 15 is 4.39 Å². The third kappa shape index (κ3) is 6.27. The lowest BCUT2D eigenvalue weighted by molar-refractivity contribution is -0.136. The van der Waals surface area contributed by atoms with Crippen molar-refractivity contribution in [2.75, 3.05) is 55.6 Å². The van der Waals surface area contributed by atoms with Crippen LogP contribution in [0.1, 0.15) is 90.9 Å². The average molecular weight is 687 g/mol. The van der Waals surface area contributed by atoms with Gasteiger partial charge in [0.15, 0.2) is 0 Å². The van der Waals surface area contributed by atoms with Gasteiger partial charge in [0, 0.05) is 69.5 Å². The van der Waals surface area contributed by atoms with Crippen molar-refractivity contribution in [1.29, 1.82) is 0 Å². The molecule has 2 N–H and O–H groups in total. The van der Waals surface area contributed by atoms with Gasteiger partial charge in [-0.25, -0.2) is 4.39 Å². The first-order valence-electron chi connectivity index (χ1n) is 17.9. The van der Waals surface area contributed by atoms with E-state index in [1.54, 1.807) is 0 Å². The van der Waals surface area contributed by atoms with E-state index in [0.717, 1.165) is 68.6 Å². The summed E-state index contributed by atoms with van der Waals surface area (Å²) in [7, 11) is 0. The number of anilines is 2. The van der Waals surface area contributed by atoms with Crippen molar-refractivity contribution in [3.63, 3.8) is 0 Å². The molecule has 1 aliphatic carbocycles. The Labute approximate surface area is 292 Å². The number of piperazine rings is 1. The number of fused-ring (bicyclic) bond motifs is 1. The van der Waals surface area contributed by atoms with Gasteiger partial charge in [-0.15, -0.1) is 0 Å². The topological polar surface area (TPSA) is 122 Å². The van der Waals surface area contributed by atoms with Crippen molar-refractivity contribution < 1.29 is 28.4 Å². The van der Waals surface area contributed by atoms with Crippen molar-refractivity contribution >= 4 is 40.9 Å². The van der Waals surface area contributed by atoms with E-state index in [1.807, 2.05) is 17.0 Å². The first-order chi connectivity index (χ1) is 23.7. The van der Waals surface area contributed by atoms with Gasteiger partial charge in [-0.3, -0.25) is 39.1 Å². The Kier molecular flexibility index (Phi) is 8.73. The molecule has 4 aliphatic heterocycles. The van der Waals surface area contributed by atoms with Crippen LogP contribution in [0.2, 0.25) is 0 Å². The molecule has 4 fully saturated rings. The number of hydrogen-bond donors (Lipinski definition) is 2. The summed E-state index contributed by atoms with van der Waals surface area (Å²) in [6, 6.07) is 9.59. The van der Waals surface area contributed by atoms with Crippen molar-refractivity contribution in [3.8, 4) is 0 Å². The number of amides is 5. The molecule has 5 aliphatic rings. The highest BCUT2D eigenvalue weighted by atomic mass is 19.1. The summed E-state index contributed by atoms with van der Waals surface area (Å²) in [6.07, 6.45) is 3.30. The van der Waals surface area contributed by atoms with Gasteiger partial charge in [-0.2, -0.15) is 0 Å². The minimum atomic E-state index is -1.09. The van der Waals surface area contributed by atoms with E-state index in [4.69, 9.17) is 0 Å². The highest BCUT2D eigenvalue weighted by Crippen LogP contribution is 2.53. The number of imide groups is 2. The molecule has 4 heterocycles. The van der Waals surface area contributed by atoms with Gasteiger partial charge in [0.2, 0.25) is 11.8 Å². The maximum absolute atomic E-state index is 15.4. The number of halogens is 1. The SMILES string of the molecule is CC1(C)CC(C)(C)C1NC(=O)c1ccc(N2CCC(CN3CCN(c4cc5c(cc4F)C(=O)N(C4CCC(=O)NC4=O)C5=O)CC3)CC2)cc1. The number of rotatable bonds is 7. The number of piperidine rings is 2. The molecule has 266 valence electrons. The maximum Gasteiger partial charge on any atom is 0.262 e. The zero-order valence-electron chi connectivity index (χ0n) is 29.4. The summed E-state index contributed by atoms with van der Waals surface area (Å²) in [6.45, 7) is 14.4. The van der Waals surface area contributed by atoms with Crippen LogP contribution in [0.5, 0.6) is 0 Å². The molecule has 2 aromatic carbocycles. The lowest BCUT2D eigenvalue weighted by Gasteiger charge is -2.57. The van der Waals surface area contributed by atoms with Gasteiger partial charge in [-0.05, 0) is 78.8 Å². The quantitative estimate of drug-likeness (QED) is 0.422. The van der Waals surface area contributed by atoms with Gasteiger partial charge in [-0.1, -0.05) is 27.7 Å². The molecule has 3 saturated heterocycles. The monoisotopic (exact) mass is 686 g/mol. The third-order valence-corrected chi connectivity index (χ3v) is 11.6. The van der Waals surface area contributed by atoms with Gasteiger partial charge in [0.1, 0.15) is 11.9 Å². The molecule has 1 unspecified atom stereocenters. The molecule has 12 heteroatoms. The van der Waals surface area contributed by atoms with E-state index in [-0.39, 0.29) is 52.4 Å². The number of carbonyl (C=O) groups excluding carboxylic acids is 5. The normalized spacial score (nSPS) is 24.3. The largest absolute Gasteiger partial charge is 0.372 e. The minimum Gasteiger partial charge on any atom is -0.372 e. The van der Waals surface area contributed by atoms with Crippen LogP contribution in [-0.4, -0.2) is 97.2 Å². The maximum atomic E-state index is 15.4. The van der Waals surface area contributed by atoms with Crippen LogP contribution in [0.3, 0.4) is 0 Å². The number of benzene rings is 2. The second kappa shape index (κ2) is 12.8. The smallest absolute Gasteiger partial charge is 0.262 e. The first kappa shape index (κ1) is 34.1. The summed E-state index contributed by atoms with van der Waals surface area (Å²) in [5, 5.41) is 5.46. The second-order valence-electron chi connectivity index (χ2n) is 16.1. The number of carbonyl (C=O) groups is 5. The van der Waals surface area contributed by atoms with Gasteiger partial charge in [0.05, 0.1) is 16.8 Å². The summed E-state index contributed by atoms with van der Waals surface area (Å²) < 4.78 is 15.4. The van der Waals surface area contributed by atoms with E-state index in [2.05, 4.69) is 60.3 Å². The second-order valence-corrected chi connectivity index (χ2v) is 16.1. The minimum absolute atomic E-state index is 0.0138. The molecule has 0 spiro atoms.